The summed E-state index contributed by atoms with van der Waals surface area (Å²) < 4.78 is 17.2. The molecule has 16 nitrogen and oxygen atoms in total. The molecule has 2 aromatic heterocycles. The van der Waals surface area contributed by atoms with Gasteiger partial charge in [-0.2, -0.15) is 10.2 Å². The number of nitrogens with one attached hydrogen (secondary N) is 2. The average Bonchev–Trinajstić information content (AvgIpc) is 3.86. The summed E-state index contributed by atoms with van der Waals surface area (Å²) in [4.78, 5) is 53.6. The van der Waals surface area contributed by atoms with Gasteiger partial charge < -0.3 is 29.7 Å². The Balaban J connectivity index is 1.13. The minimum Gasteiger partial charge on any atom is -0.444 e. The smallest absolute Gasteiger partial charge is 0.416 e. The van der Waals surface area contributed by atoms with Gasteiger partial charge in [-0.25, -0.2) is 9.69 Å². The standard InChI is InChI=1S/C42H50N10O6/c43-34-22-29-7-9-36-38(33(29)26-50(40(34)53)12-10-48-14-18-56-19-15-48)39(47-46-36)52(42(55)58-27-28-4-2-1-3-5-28)37-23-30-6-8-35-31(24-44-45-35)32(30)25-51(41(37)54)13-11-49-16-20-57-21-17-49/h1-9,24,34,37H,10-23,25-27,43H2,(H,44,45)(H,46,47)/t34-,37-/m1/s1. The van der Waals surface area contributed by atoms with E-state index >= 15 is 4.79 Å². The van der Waals surface area contributed by atoms with E-state index in [2.05, 4.69) is 25.1 Å². The topological polar surface area (TPSA) is 178 Å². The number of nitrogens with zero attached hydrogens (tertiary/aromatic N) is 7. The Morgan fingerprint density at radius 1 is 0.776 bits per heavy atom. The fourth-order valence-corrected chi connectivity index (χ4v) is 8.76. The van der Waals surface area contributed by atoms with E-state index in [4.69, 9.17) is 25.0 Å². The molecule has 304 valence electrons. The molecule has 0 spiro atoms. The van der Waals surface area contributed by atoms with Gasteiger partial charge in [0, 0.05) is 82.6 Å². The van der Waals surface area contributed by atoms with E-state index in [-0.39, 0.29) is 37.2 Å². The maximum absolute atomic E-state index is 15.2. The summed E-state index contributed by atoms with van der Waals surface area (Å²) in [5, 5.41) is 17.0. The predicted octanol–water partition coefficient (Wildman–Crippen LogP) is 2.41. The first-order valence-corrected chi connectivity index (χ1v) is 20.3. The maximum Gasteiger partial charge on any atom is 0.416 e. The number of anilines is 1. The van der Waals surface area contributed by atoms with Gasteiger partial charge >= 0.3 is 6.09 Å². The van der Waals surface area contributed by atoms with E-state index < -0.39 is 18.2 Å². The van der Waals surface area contributed by atoms with E-state index in [1.807, 2.05) is 64.4 Å². The molecular formula is C42H50N10O6. The van der Waals surface area contributed by atoms with Crippen LogP contribution < -0.4 is 10.6 Å². The van der Waals surface area contributed by atoms with Crippen molar-refractivity contribution in [2.45, 2.75) is 44.6 Å². The molecule has 4 aliphatic heterocycles. The molecule has 5 aromatic rings. The summed E-state index contributed by atoms with van der Waals surface area (Å²) in [7, 11) is 0. The Labute approximate surface area is 336 Å². The molecule has 9 rings (SSSR count). The number of benzene rings is 3. The molecule has 0 saturated carbocycles. The summed E-state index contributed by atoms with van der Waals surface area (Å²) in [6, 6.07) is 15.6. The molecule has 4 aliphatic rings. The van der Waals surface area contributed by atoms with Crippen LogP contribution in [0.1, 0.15) is 27.8 Å². The van der Waals surface area contributed by atoms with Crippen molar-refractivity contribution in [3.63, 3.8) is 0 Å². The zero-order valence-corrected chi connectivity index (χ0v) is 32.6. The second-order valence-electron chi connectivity index (χ2n) is 15.6. The molecule has 6 heterocycles. The molecule has 0 radical (unpaired) electrons. The van der Waals surface area contributed by atoms with Crippen LogP contribution in [0.3, 0.4) is 0 Å². The van der Waals surface area contributed by atoms with Crippen LogP contribution in [0.5, 0.6) is 0 Å². The Morgan fingerprint density at radius 2 is 1.41 bits per heavy atom. The number of amides is 3. The first kappa shape index (κ1) is 38.1. The average molecular weight is 791 g/mol. The van der Waals surface area contributed by atoms with Crippen LogP contribution in [0.15, 0.2) is 60.8 Å². The highest BCUT2D eigenvalue weighted by molar-refractivity contribution is 6.05. The van der Waals surface area contributed by atoms with Crippen molar-refractivity contribution in [2.24, 2.45) is 5.73 Å². The van der Waals surface area contributed by atoms with Gasteiger partial charge in [0.05, 0.1) is 49.7 Å². The van der Waals surface area contributed by atoms with Gasteiger partial charge in [-0.05, 0) is 46.4 Å². The van der Waals surface area contributed by atoms with Crippen molar-refractivity contribution < 1.29 is 28.6 Å². The van der Waals surface area contributed by atoms with Gasteiger partial charge in [0.15, 0.2) is 5.82 Å². The number of ether oxygens (including phenoxy) is 3. The van der Waals surface area contributed by atoms with Crippen LogP contribution in [-0.2, 0) is 56.3 Å². The lowest BCUT2D eigenvalue weighted by atomic mass is 9.96. The molecule has 0 aliphatic carbocycles. The first-order valence-electron chi connectivity index (χ1n) is 20.3. The molecule has 3 aromatic carbocycles. The molecule has 58 heavy (non-hydrogen) atoms. The van der Waals surface area contributed by atoms with Gasteiger partial charge in [0.2, 0.25) is 11.8 Å². The molecule has 2 saturated heterocycles. The Kier molecular flexibility index (Phi) is 11.1. The van der Waals surface area contributed by atoms with Crippen LogP contribution in [0.4, 0.5) is 10.6 Å². The number of rotatable bonds is 10. The number of aromatic amines is 2. The highest BCUT2D eigenvalue weighted by Crippen LogP contribution is 2.37. The first-order chi connectivity index (χ1) is 28.4. The number of hydrogen-bond acceptors (Lipinski definition) is 11. The van der Waals surface area contributed by atoms with Crippen molar-refractivity contribution in [3.05, 3.63) is 88.6 Å². The monoisotopic (exact) mass is 790 g/mol. The van der Waals surface area contributed by atoms with Gasteiger partial charge in [-0.1, -0.05) is 42.5 Å². The highest BCUT2D eigenvalue weighted by atomic mass is 16.6. The number of fused-ring (bicyclic) bond motifs is 6. The van der Waals surface area contributed by atoms with Crippen LogP contribution in [-0.4, -0.2) is 149 Å². The lowest BCUT2D eigenvalue weighted by Gasteiger charge is -2.33. The second-order valence-corrected chi connectivity index (χ2v) is 15.6. The number of morpholine rings is 2. The fraction of sp³-hybridized carbons (Fsp3) is 0.452. The number of carbonyl (C=O) groups is 3. The minimum absolute atomic E-state index is 0.00317. The van der Waals surface area contributed by atoms with Crippen molar-refractivity contribution in [1.29, 1.82) is 0 Å². The van der Waals surface area contributed by atoms with Crippen LogP contribution in [0, 0.1) is 0 Å². The van der Waals surface area contributed by atoms with E-state index in [0.717, 1.165) is 64.9 Å². The Hall–Kier alpha value is -5.39. The van der Waals surface area contributed by atoms with Gasteiger partial charge in [-0.15, -0.1) is 0 Å². The number of nitrogens with two attached hydrogens (primary N) is 1. The summed E-state index contributed by atoms with van der Waals surface area (Å²) in [5.74, 6) is -0.0561. The van der Waals surface area contributed by atoms with E-state index in [1.165, 1.54) is 4.90 Å². The summed E-state index contributed by atoms with van der Waals surface area (Å²) in [5.41, 5.74) is 12.6. The van der Waals surface area contributed by atoms with Crippen LogP contribution in [0.2, 0.25) is 0 Å². The summed E-state index contributed by atoms with van der Waals surface area (Å²) in [6.07, 6.45) is 1.66. The van der Waals surface area contributed by atoms with Gasteiger partial charge in [0.1, 0.15) is 12.6 Å². The number of aromatic nitrogens is 4. The molecule has 4 N–H and O–H groups in total. The second kappa shape index (κ2) is 16.8. The van der Waals surface area contributed by atoms with Crippen LogP contribution >= 0.6 is 0 Å². The maximum atomic E-state index is 15.2. The number of carbonyl (C=O) groups excluding carboxylic acids is 3. The molecule has 0 bridgehead atoms. The van der Waals surface area contributed by atoms with Crippen molar-refractivity contribution >= 4 is 45.5 Å². The third-order valence-corrected chi connectivity index (χ3v) is 12.0. The minimum atomic E-state index is -1.01. The fourth-order valence-electron chi connectivity index (χ4n) is 8.76. The molecule has 3 amide bonds. The lowest BCUT2D eigenvalue weighted by molar-refractivity contribution is -0.134. The van der Waals surface area contributed by atoms with E-state index in [9.17, 15) is 9.59 Å². The molecule has 2 atom stereocenters. The van der Waals surface area contributed by atoms with Crippen LogP contribution in [0.25, 0.3) is 21.8 Å². The predicted molar refractivity (Wildman–Crippen MR) is 216 cm³/mol. The normalized spacial score (nSPS) is 20.8. The molecule has 2 fully saturated rings. The van der Waals surface area contributed by atoms with Gasteiger partial charge in [0.25, 0.3) is 0 Å². The zero-order chi connectivity index (χ0) is 39.6. The SMILES string of the molecule is N[C@@H]1Cc2ccc3[nH]nc(N(C(=O)OCc4ccccc4)[C@@H]4Cc5ccc6[nH]ncc6c5CN(CCN5CCOCC5)C4=O)c3c2CN(CCN2CCOCC2)C1=O. The Bertz CT molecular complexity index is 2270. The molecular weight excluding hydrogens is 741 g/mol. The third kappa shape index (κ3) is 7.77. The van der Waals surface area contributed by atoms with Crippen molar-refractivity contribution in [2.75, 3.05) is 83.7 Å². The lowest BCUT2D eigenvalue weighted by Crippen LogP contribution is -2.53. The molecule has 0 unspecified atom stereocenters. The number of hydrogen-bond donors (Lipinski definition) is 3. The zero-order valence-electron chi connectivity index (χ0n) is 32.6. The largest absolute Gasteiger partial charge is 0.444 e. The number of H-pyrrole nitrogens is 2. The third-order valence-electron chi connectivity index (χ3n) is 12.0. The Morgan fingerprint density at radius 3 is 2.12 bits per heavy atom. The van der Waals surface area contributed by atoms with Gasteiger partial charge in [-0.3, -0.25) is 29.6 Å². The van der Waals surface area contributed by atoms with Crippen molar-refractivity contribution in [3.8, 4) is 0 Å². The molecule has 16 heteroatoms. The highest BCUT2D eigenvalue weighted by Gasteiger charge is 2.41. The summed E-state index contributed by atoms with van der Waals surface area (Å²) >= 11 is 0. The van der Waals surface area contributed by atoms with Crippen molar-refractivity contribution in [1.82, 2.24) is 40.0 Å². The quantitative estimate of drug-likeness (QED) is 0.189. The summed E-state index contributed by atoms with van der Waals surface area (Å²) in [6.45, 7) is 8.69. The van der Waals surface area contributed by atoms with E-state index in [1.54, 1.807) is 6.20 Å². The van der Waals surface area contributed by atoms with E-state index in [0.29, 0.717) is 76.5 Å².